The van der Waals surface area contributed by atoms with Crippen LogP contribution in [0.25, 0.3) is 5.65 Å². The number of hydrogen-bond donors (Lipinski definition) is 2. The Morgan fingerprint density at radius 1 is 1.18 bits per heavy atom. The number of aromatic nitrogens is 3. The number of carbonyl (C=O) groups excluding carboxylic acids is 1. The highest BCUT2D eigenvalue weighted by atomic mass is 35.5. The van der Waals surface area contributed by atoms with Crippen LogP contribution in [0.15, 0.2) is 30.3 Å². The van der Waals surface area contributed by atoms with Crippen molar-refractivity contribution in [3.63, 3.8) is 0 Å². The van der Waals surface area contributed by atoms with Crippen LogP contribution < -0.4 is 14.9 Å². The Labute approximate surface area is 226 Å². The molecule has 6 rings (SSSR count). The SMILES string of the molecule is CNc1cc(N2CCOCC2)n2nc(C34C[C@@H]3CCCN4C(=O)c3cc(Cl)ccc3NS(C)(=O)=O)cc2n1. The molecule has 3 aromatic rings. The lowest BCUT2D eigenvalue weighted by atomic mass is 9.97. The third-order valence-electron chi connectivity index (χ3n) is 7.68. The Kier molecular flexibility index (Phi) is 6.15. The third-order valence-corrected chi connectivity index (χ3v) is 8.51. The lowest BCUT2D eigenvalue weighted by Crippen LogP contribution is -2.45. The number of nitrogens with zero attached hydrogens (tertiary/aromatic N) is 5. The number of ether oxygens (including phenoxy) is 1. The average Bonchev–Trinajstić information content (AvgIpc) is 3.51. The number of halogens is 1. The van der Waals surface area contributed by atoms with Crippen molar-refractivity contribution in [2.24, 2.45) is 5.92 Å². The minimum atomic E-state index is -3.59. The standard InChI is InChI=1S/C25H30ClN7O4S/c1-27-21-14-23(31-8-10-37-11-9-31)33-22(28-21)13-20(29-33)25-15-16(25)4-3-7-32(25)24(34)18-12-17(26)5-6-19(18)30-38(2,35)36/h5-6,12-14,16,30H,3-4,7-11,15H2,1-2H3,(H,27,28)/t16-,25?/m0/s1. The molecule has 4 heterocycles. The fraction of sp³-hybridized carbons (Fsp3) is 0.480. The maximum absolute atomic E-state index is 14.1. The summed E-state index contributed by atoms with van der Waals surface area (Å²) in [4.78, 5) is 22.9. The van der Waals surface area contributed by atoms with Gasteiger partial charge in [-0.3, -0.25) is 9.52 Å². The Morgan fingerprint density at radius 2 is 1.97 bits per heavy atom. The molecule has 2 N–H and O–H groups in total. The second-order valence-corrected chi connectivity index (χ2v) is 12.3. The summed E-state index contributed by atoms with van der Waals surface area (Å²) in [6, 6.07) is 8.58. The number of rotatable bonds is 6. The van der Waals surface area contributed by atoms with Crippen molar-refractivity contribution < 1.29 is 17.9 Å². The van der Waals surface area contributed by atoms with Crippen LogP contribution in [0.5, 0.6) is 0 Å². The quantitative estimate of drug-likeness (QED) is 0.473. The van der Waals surface area contributed by atoms with Gasteiger partial charge in [0.2, 0.25) is 10.0 Å². The van der Waals surface area contributed by atoms with Crippen molar-refractivity contribution in [2.75, 3.05) is 61.1 Å². The first-order valence-corrected chi connectivity index (χ1v) is 15.0. The van der Waals surface area contributed by atoms with Crippen molar-refractivity contribution in [2.45, 2.75) is 24.8 Å². The molecule has 2 aliphatic heterocycles. The van der Waals surface area contributed by atoms with E-state index in [4.69, 9.17) is 26.4 Å². The van der Waals surface area contributed by atoms with Gasteiger partial charge >= 0.3 is 0 Å². The fourth-order valence-corrected chi connectivity index (χ4v) is 6.61. The van der Waals surface area contributed by atoms with E-state index < -0.39 is 15.6 Å². The number of carbonyl (C=O) groups is 1. The number of fused-ring (bicyclic) bond motifs is 2. The molecule has 2 saturated heterocycles. The topological polar surface area (TPSA) is 121 Å². The number of sulfonamides is 1. The number of morpholine rings is 1. The summed E-state index contributed by atoms with van der Waals surface area (Å²) >= 11 is 6.25. The van der Waals surface area contributed by atoms with Gasteiger partial charge in [0.15, 0.2) is 5.65 Å². The molecule has 13 heteroatoms. The number of hydrogen-bond acceptors (Lipinski definition) is 8. The summed E-state index contributed by atoms with van der Waals surface area (Å²) in [5, 5.41) is 8.54. The Bertz CT molecular complexity index is 1520. The van der Waals surface area contributed by atoms with Crippen LogP contribution in [-0.4, -0.2) is 80.0 Å². The average molecular weight is 560 g/mol. The summed E-state index contributed by atoms with van der Waals surface area (Å²) in [6.45, 7) is 3.33. The van der Waals surface area contributed by atoms with Crippen molar-refractivity contribution in [1.29, 1.82) is 0 Å². The Hall–Kier alpha value is -3.09. The van der Waals surface area contributed by atoms with Crippen LogP contribution in [0.4, 0.5) is 17.3 Å². The first-order chi connectivity index (χ1) is 18.2. The minimum Gasteiger partial charge on any atom is -0.378 e. The molecule has 3 fully saturated rings. The van der Waals surface area contributed by atoms with Crippen LogP contribution >= 0.6 is 11.6 Å². The van der Waals surface area contributed by atoms with Crippen LogP contribution in [0.2, 0.25) is 5.02 Å². The molecular weight excluding hydrogens is 530 g/mol. The van der Waals surface area contributed by atoms with Gasteiger partial charge in [0.1, 0.15) is 11.6 Å². The predicted molar refractivity (Wildman–Crippen MR) is 146 cm³/mol. The minimum absolute atomic E-state index is 0.213. The van der Waals surface area contributed by atoms with E-state index in [1.54, 1.807) is 6.07 Å². The predicted octanol–water partition coefficient (Wildman–Crippen LogP) is 2.78. The molecule has 1 amide bonds. The fourth-order valence-electron chi connectivity index (χ4n) is 5.86. The molecule has 38 heavy (non-hydrogen) atoms. The van der Waals surface area contributed by atoms with Crippen molar-refractivity contribution in [3.05, 3.63) is 46.6 Å². The largest absolute Gasteiger partial charge is 0.378 e. The molecule has 11 nitrogen and oxygen atoms in total. The molecular formula is C25H30ClN7O4S. The van der Waals surface area contributed by atoms with E-state index in [-0.39, 0.29) is 23.1 Å². The lowest BCUT2D eigenvalue weighted by molar-refractivity contribution is 0.0560. The number of piperidine rings is 1. The van der Waals surface area contributed by atoms with Crippen LogP contribution in [-0.2, 0) is 20.3 Å². The maximum atomic E-state index is 14.1. The first kappa shape index (κ1) is 25.2. The molecule has 0 radical (unpaired) electrons. The van der Waals surface area contributed by atoms with Gasteiger partial charge in [-0.25, -0.2) is 13.4 Å². The highest BCUT2D eigenvalue weighted by Crippen LogP contribution is 2.61. The van der Waals surface area contributed by atoms with Gasteiger partial charge in [-0.2, -0.15) is 9.61 Å². The summed E-state index contributed by atoms with van der Waals surface area (Å²) < 4.78 is 33.9. The van der Waals surface area contributed by atoms with E-state index in [2.05, 4.69) is 14.9 Å². The van der Waals surface area contributed by atoms with Crippen LogP contribution in [0.1, 0.15) is 35.3 Å². The molecule has 0 bridgehead atoms. The van der Waals surface area contributed by atoms with Crippen molar-refractivity contribution in [1.82, 2.24) is 19.5 Å². The molecule has 0 spiro atoms. The highest BCUT2D eigenvalue weighted by molar-refractivity contribution is 7.92. The summed E-state index contributed by atoms with van der Waals surface area (Å²) in [5.41, 5.74) is 1.36. The molecule has 1 aliphatic carbocycles. The van der Waals surface area contributed by atoms with E-state index in [1.165, 1.54) is 12.1 Å². The van der Waals surface area contributed by atoms with Gasteiger partial charge in [0.05, 0.1) is 42.0 Å². The summed E-state index contributed by atoms with van der Waals surface area (Å²) in [5.74, 6) is 1.66. The van der Waals surface area contributed by atoms with Crippen molar-refractivity contribution >= 4 is 50.5 Å². The number of benzene rings is 1. The maximum Gasteiger partial charge on any atom is 0.256 e. The zero-order valence-corrected chi connectivity index (χ0v) is 22.8. The van der Waals surface area contributed by atoms with Crippen molar-refractivity contribution in [3.8, 4) is 0 Å². The Balaban J connectivity index is 1.43. The van der Waals surface area contributed by atoms with E-state index in [9.17, 15) is 13.2 Å². The molecule has 1 saturated carbocycles. The van der Waals surface area contributed by atoms with E-state index in [0.29, 0.717) is 30.4 Å². The first-order valence-electron chi connectivity index (χ1n) is 12.7. The van der Waals surface area contributed by atoms with Gasteiger partial charge < -0.3 is 19.9 Å². The van der Waals surface area contributed by atoms with Crippen LogP contribution in [0, 0.1) is 5.92 Å². The highest BCUT2D eigenvalue weighted by Gasteiger charge is 2.63. The van der Waals surface area contributed by atoms with Gasteiger partial charge in [0.25, 0.3) is 5.91 Å². The molecule has 202 valence electrons. The van der Waals surface area contributed by atoms with Gasteiger partial charge in [0, 0.05) is 43.8 Å². The molecule has 2 aromatic heterocycles. The normalized spacial score (nSPS) is 23.3. The number of likely N-dealkylation sites (tertiary alicyclic amines) is 1. The number of nitrogens with one attached hydrogen (secondary N) is 2. The third kappa shape index (κ3) is 4.34. The number of amides is 1. The van der Waals surface area contributed by atoms with Crippen LogP contribution in [0.3, 0.4) is 0 Å². The van der Waals surface area contributed by atoms with Gasteiger partial charge in [-0.1, -0.05) is 11.6 Å². The molecule has 2 atom stereocenters. The second-order valence-electron chi connectivity index (χ2n) is 10.1. The lowest BCUT2D eigenvalue weighted by Gasteiger charge is -2.36. The number of anilines is 3. The Morgan fingerprint density at radius 3 is 2.71 bits per heavy atom. The zero-order valence-electron chi connectivity index (χ0n) is 21.3. The van der Waals surface area contributed by atoms with E-state index in [1.807, 2.05) is 28.6 Å². The zero-order chi connectivity index (χ0) is 26.7. The van der Waals surface area contributed by atoms with Gasteiger partial charge in [-0.05, 0) is 43.4 Å². The van der Waals surface area contributed by atoms with E-state index in [0.717, 1.165) is 55.9 Å². The smallest absolute Gasteiger partial charge is 0.256 e. The monoisotopic (exact) mass is 559 g/mol. The summed E-state index contributed by atoms with van der Waals surface area (Å²) in [7, 11) is -1.76. The van der Waals surface area contributed by atoms with Gasteiger partial charge in [-0.15, -0.1) is 0 Å². The van der Waals surface area contributed by atoms with E-state index >= 15 is 0 Å². The summed E-state index contributed by atoms with van der Waals surface area (Å²) in [6.07, 6.45) is 3.71. The molecule has 1 aromatic carbocycles. The molecule has 3 aliphatic rings. The molecule has 1 unspecified atom stereocenters. The second kappa shape index (κ2) is 9.28.